The molecule has 0 N–H and O–H groups in total. The summed E-state index contributed by atoms with van der Waals surface area (Å²) >= 11 is 0. The highest BCUT2D eigenvalue weighted by molar-refractivity contribution is 6.02. The molecule has 3 aromatic heterocycles. The predicted octanol–water partition coefficient (Wildman–Crippen LogP) is 3.57. The normalized spacial score (nSPS) is 11.9. The van der Waals surface area contributed by atoms with E-state index in [-0.39, 0.29) is 29.0 Å². The first-order valence-electron chi connectivity index (χ1n) is 8.35. The highest BCUT2D eigenvalue weighted by atomic mass is 19.4. The molecule has 0 unspecified atom stereocenters. The fourth-order valence-corrected chi connectivity index (χ4v) is 3.13. The Morgan fingerprint density at radius 3 is 2.71 bits per heavy atom. The van der Waals surface area contributed by atoms with Crippen LogP contribution in [0.3, 0.4) is 0 Å². The van der Waals surface area contributed by atoms with Gasteiger partial charge >= 0.3 is 6.18 Å². The summed E-state index contributed by atoms with van der Waals surface area (Å²) < 4.78 is 43.1. The van der Waals surface area contributed by atoms with Crippen molar-refractivity contribution in [3.8, 4) is 11.1 Å². The van der Waals surface area contributed by atoms with Crippen molar-refractivity contribution in [2.45, 2.75) is 12.6 Å². The maximum Gasteiger partial charge on any atom is 0.417 e. The third-order valence-electron chi connectivity index (χ3n) is 4.34. The van der Waals surface area contributed by atoms with Crippen LogP contribution in [0.2, 0.25) is 0 Å². The number of halogens is 3. The number of benzene rings is 1. The molecule has 0 atom stereocenters. The van der Waals surface area contributed by atoms with Gasteiger partial charge in [0.1, 0.15) is 0 Å². The van der Waals surface area contributed by atoms with E-state index in [4.69, 9.17) is 0 Å². The van der Waals surface area contributed by atoms with Crippen LogP contribution in [0.1, 0.15) is 21.6 Å². The number of hydrogen-bond donors (Lipinski definition) is 0. The molecule has 4 rings (SSSR count). The summed E-state index contributed by atoms with van der Waals surface area (Å²) in [5.74, 6) is -0.321. The van der Waals surface area contributed by atoms with Gasteiger partial charge in [0.05, 0.1) is 29.4 Å². The van der Waals surface area contributed by atoms with Gasteiger partial charge in [0.25, 0.3) is 0 Å². The number of alkyl halides is 3. The molecule has 0 bridgehead atoms. The van der Waals surface area contributed by atoms with Crippen LogP contribution < -0.4 is 0 Å². The van der Waals surface area contributed by atoms with Gasteiger partial charge in [-0.1, -0.05) is 18.2 Å². The summed E-state index contributed by atoms with van der Waals surface area (Å²) in [5, 5.41) is 8.29. The number of rotatable bonds is 4. The van der Waals surface area contributed by atoms with Gasteiger partial charge in [0, 0.05) is 31.2 Å². The van der Waals surface area contributed by atoms with E-state index in [1.807, 2.05) is 0 Å². The lowest BCUT2D eigenvalue weighted by molar-refractivity contribution is -0.137. The van der Waals surface area contributed by atoms with Crippen molar-refractivity contribution >= 4 is 11.4 Å². The smallest absolute Gasteiger partial charge is 0.294 e. The third kappa shape index (κ3) is 3.15. The Bertz CT molecular complexity index is 1180. The minimum Gasteiger partial charge on any atom is -0.294 e. The predicted molar refractivity (Wildman–Crippen MR) is 94.7 cm³/mol. The van der Waals surface area contributed by atoms with Crippen LogP contribution in [-0.4, -0.2) is 30.2 Å². The van der Waals surface area contributed by atoms with Gasteiger partial charge in [0.15, 0.2) is 11.4 Å². The number of Topliss-reactive ketones (excluding diaryl/α,β-unsaturated/α-hetero) is 1. The number of nitrogens with zero attached hydrogens (tertiary/aromatic N) is 5. The van der Waals surface area contributed by atoms with Crippen molar-refractivity contribution in [2.24, 2.45) is 7.05 Å². The topological polar surface area (TPSA) is 65.1 Å². The van der Waals surface area contributed by atoms with Crippen molar-refractivity contribution in [1.82, 2.24) is 24.4 Å². The monoisotopic (exact) mass is 385 g/mol. The van der Waals surface area contributed by atoms with Gasteiger partial charge < -0.3 is 0 Å². The number of aryl methyl sites for hydroxylation is 1. The van der Waals surface area contributed by atoms with E-state index in [0.717, 1.165) is 6.07 Å². The first kappa shape index (κ1) is 17.9. The summed E-state index contributed by atoms with van der Waals surface area (Å²) in [6, 6.07) is 6.93. The first-order chi connectivity index (χ1) is 13.3. The van der Waals surface area contributed by atoms with Crippen LogP contribution in [0.15, 0.2) is 55.1 Å². The molecule has 0 spiro atoms. The van der Waals surface area contributed by atoms with Crippen LogP contribution in [-0.2, 0) is 19.6 Å². The number of ketones is 1. The Labute approximate surface area is 157 Å². The van der Waals surface area contributed by atoms with Crippen LogP contribution >= 0.6 is 0 Å². The Morgan fingerprint density at radius 1 is 1.14 bits per heavy atom. The van der Waals surface area contributed by atoms with Gasteiger partial charge in [0.2, 0.25) is 0 Å². The molecular formula is C19H14F3N5O. The number of fused-ring (bicyclic) bond motifs is 1. The SMILES string of the molecule is Cn1cc(-c2ccccc2C(F)(F)F)c(CC(=O)c2cnn3cccnc23)n1. The molecule has 1 aromatic carbocycles. The maximum absolute atomic E-state index is 13.4. The fourth-order valence-electron chi connectivity index (χ4n) is 3.13. The van der Waals surface area contributed by atoms with Crippen LogP contribution in [0.25, 0.3) is 16.8 Å². The molecule has 28 heavy (non-hydrogen) atoms. The quantitative estimate of drug-likeness (QED) is 0.504. The molecule has 142 valence electrons. The van der Waals surface area contributed by atoms with Crippen molar-refractivity contribution in [1.29, 1.82) is 0 Å². The van der Waals surface area contributed by atoms with E-state index in [1.165, 1.54) is 39.8 Å². The first-order valence-corrected chi connectivity index (χ1v) is 8.35. The minimum atomic E-state index is -4.51. The largest absolute Gasteiger partial charge is 0.417 e. The standard InChI is InChI=1S/C19H14F3N5O/c1-26-11-14(12-5-2-3-6-15(12)19(20,21)22)16(25-26)9-17(28)13-10-24-27-8-4-7-23-18(13)27/h2-8,10-11H,9H2,1H3. The van der Waals surface area contributed by atoms with Crippen LogP contribution in [0, 0.1) is 0 Å². The molecule has 6 nitrogen and oxygen atoms in total. The van der Waals surface area contributed by atoms with Gasteiger partial charge in [-0.2, -0.15) is 23.4 Å². The molecule has 0 aliphatic heterocycles. The molecule has 0 aliphatic carbocycles. The van der Waals surface area contributed by atoms with E-state index in [2.05, 4.69) is 15.2 Å². The van der Waals surface area contributed by atoms with E-state index in [1.54, 1.807) is 25.5 Å². The number of aromatic nitrogens is 5. The Hall–Kier alpha value is -3.49. The Morgan fingerprint density at radius 2 is 1.93 bits per heavy atom. The second-order valence-electron chi connectivity index (χ2n) is 6.25. The summed E-state index contributed by atoms with van der Waals surface area (Å²) in [7, 11) is 1.60. The molecule has 0 aliphatic rings. The number of hydrogen-bond acceptors (Lipinski definition) is 4. The average molecular weight is 385 g/mol. The van der Waals surface area contributed by atoms with Crippen molar-refractivity contribution in [3.05, 3.63) is 71.9 Å². The summed E-state index contributed by atoms with van der Waals surface area (Å²) in [5.41, 5.74) is 0.438. The van der Waals surface area contributed by atoms with E-state index in [9.17, 15) is 18.0 Å². The molecule has 0 saturated heterocycles. The molecule has 0 fully saturated rings. The molecule has 4 aromatic rings. The molecular weight excluding hydrogens is 371 g/mol. The van der Waals surface area contributed by atoms with Crippen LogP contribution in [0.4, 0.5) is 13.2 Å². The summed E-state index contributed by atoms with van der Waals surface area (Å²) in [4.78, 5) is 16.9. The van der Waals surface area contributed by atoms with Crippen molar-refractivity contribution < 1.29 is 18.0 Å². The highest BCUT2D eigenvalue weighted by Crippen LogP contribution is 2.38. The van der Waals surface area contributed by atoms with Crippen molar-refractivity contribution in [3.63, 3.8) is 0 Å². The lowest BCUT2D eigenvalue weighted by Crippen LogP contribution is -2.09. The van der Waals surface area contributed by atoms with Crippen LogP contribution in [0.5, 0.6) is 0 Å². The molecule has 0 saturated carbocycles. The highest BCUT2D eigenvalue weighted by Gasteiger charge is 2.34. The number of carbonyl (C=O) groups excluding carboxylic acids is 1. The maximum atomic E-state index is 13.4. The summed E-state index contributed by atoms with van der Waals surface area (Å²) in [6.07, 6.45) is 1.41. The lowest BCUT2D eigenvalue weighted by Gasteiger charge is -2.12. The summed E-state index contributed by atoms with van der Waals surface area (Å²) in [6.45, 7) is 0. The third-order valence-corrected chi connectivity index (χ3v) is 4.34. The van der Waals surface area contributed by atoms with Gasteiger partial charge in [-0.25, -0.2) is 9.50 Å². The van der Waals surface area contributed by atoms with E-state index in [0.29, 0.717) is 11.2 Å². The lowest BCUT2D eigenvalue weighted by atomic mass is 9.97. The van der Waals surface area contributed by atoms with E-state index >= 15 is 0 Å². The van der Waals surface area contributed by atoms with E-state index < -0.39 is 11.7 Å². The second-order valence-corrected chi connectivity index (χ2v) is 6.25. The van der Waals surface area contributed by atoms with Crippen molar-refractivity contribution in [2.75, 3.05) is 0 Å². The zero-order valence-corrected chi connectivity index (χ0v) is 14.7. The van der Waals surface area contributed by atoms with Gasteiger partial charge in [-0.15, -0.1) is 0 Å². The molecule has 9 heteroatoms. The fraction of sp³-hybridized carbons (Fsp3) is 0.158. The average Bonchev–Trinajstić information content (AvgIpc) is 3.24. The zero-order valence-electron chi connectivity index (χ0n) is 14.7. The Balaban J connectivity index is 1.75. The number of carbonyl (C=O) groups is 1. The van der Waals surface area contributed by atoms with Gasteiger partial charge in [-0.3, -0.25) is 9.48 Å². The second kappa shape index (κ2) is 6.59. The zero-order chi connectivity index (χ0) is 19.9. The molecule has 0 radical (unpaired) electrons. The Kier molecular flexibility index (Phi) is 4.21. The molecule has 3 heterocycles. The molecule has 0 amide bonds. The van der Waals surface area contributed by atoms with Gasteiger partial charge in [-0.05, 0) is 17.7 Å². The minimum absolute atomic E-state index is 0.0103.